The fraction of sp³-hybridized carbons (Fsp3) is 0.400. The molecule has 0 amide bonds. The van der Waals surface area contributed by atoms with E-state index in [1.165, 1.54) is 31.2 Å². The van der Waals surface area contributed by atoms with Crippen LogP contribution < -0.4 is 4.74 Å². The molecule has 0 bridgehead atoms. The highest BCUT2D eigenvalue weighted by atomic mass is 16.5. The zero-order chi connectivity index (χ0) is 20.2. The molecule has 0 radical (unpaired) electrons. The lowest BCUT2D eigenvalue weighted by molar-refractivity contribution is -0.139. The van der Waals surface area contributed by atoms with Gasteiger partial charge in [0.1, 0.15) is 5.75 Å². The number of hydrogen-bond donors (Lipinski definition) is 0. The van der Waals surface area contributed by atoms with E-state index in [1.54, 1.807) is 0 Å². The molecule has 2 aromatic carbocycles. The highest BCUT2D eigenvalue weighted by Crippen LogP contribution is 2.33. The smallest absolute Gasteiger partial charge is 0.310 e. The SMILES string of the molecule is CCc1c(CC(=O)OC)c2cc(OC3CCCC3)ccc2n1Cc1ccccc1. The third-order valence-electron chi connectivity index (χ3n) is 5.93. The Morgan fingerprint density at radius 3 is 2.55 bits per heavy atom. The second-order valence-electron chi connectivity index (χ2n) is 7.81. The normalized spacial score (nSPS) is 14.4. The van der Waals surface area contributed by atoms with E-state index in [2.05, 4.69) is 54.0 Å². The lowest BCUT2D eigenvalue weighted by Crippen LogP contribution is -2.10. The molecule has 1 heterocycles. The minimum absolute atomic E-state index is 0.208. The monoisotopic (exact) mass is 391 g/mol. The second-order valence-corrected chi connectivity index (χ2v) is 7.81. The first kappa shape index (κ1) is 19.6. The van der Waals surface area contributed by atoms with E-state index < -0.39 is 0 Å². The van der Waals surface area contributed by atoms with Crippen LogP contribution in [0.3, 0.4) is 0 Å². The molecule has 1 aromatic heterocycles. The van der Waals surface area contributed by atoms with Crippen LogP contribution in [0.5, 0.6) is 5.75 Å². The van der Waals surface area contributed by atoms with E-state index in [4.69, 9.17) is 9.47 Å². The molecular weight excluding hydrogens is 362 g/mol. The Morgan fingerprint density at radius 2 is 1.86 bits per heavy atom. The number of rotatable bonds is 7. The molecular formula is C25H29NO3. The van der Waals surface area contributed by atoms with Gasteiger partial charge in [-0.1, -0.05) is 37.3 Å². The highest BCUT2D eigenvalue weighted by Gasteiger charge is 2.21. The van der Waals surface area contributed by atoms with Crippen LogP contribution in [0.1, 0.15) is 49.4 Å². The third-order valence-corrected chi connectivity index (χ3v) is 5.93. The number of carbonyl (C=O) groups is 1. The number of methoxy groups -OCH3 is 1. The van der Waals surface area contributed by atoms with Crippen LogP contribution in [0.2, 0.25) is 0 Å². The Morgan fingerprint density at radius 1 is 1.10 bits per heavy atom. The van der Waals surface area contributed by atoms with E-state index in [-0.39, 0.29) is 12.4 Å². The maximum atomic E-state index is 12.2. The van der Waals surface area contributed by atoms with Crippen molar-refractivity contribution in [1.29, 1.82) is 0 Å². The standard InChI is InChI=1S/C25H29NO3/c1-3-23-22(16-25(27)28-2)21-15-20(29-19-11-7-8-12-19)13-14-24(21)26(23)17-18-9-5-4-6-10-18/h4-6,9-10,13-15,19H,3,7-8,11-12,16-17H2,1-2H3. The Bertz CT molecular complexity index is 984. The number of ether oxygens (including phenoxy) is 2. The summed E-state index contributed by atoms with van der Waals surface area (Å²) < 4.78 is 13.6. The van der Waals surface area contributed by atoms with Crippen molar-refractivity contribution < 1.29 is 14.3 Å². The topological polar surface area (TPSA) is 40.5 Å². The van der Waals surface area contributed by atoms with Crippen molar-refractivity contribution in [2.45, 2.75) is 58.1 Å². The maximum Gasteiger partial charge on any atom is 0.310 e. The molecule has 4 rings (SSSR count). The first-order chi connectivity index (χ1) is 14.2. The molecule has 3 aromatic rings. The molecule has 29 heavy (non-hydrogen) atoms. The molecule has 0 atom stereocenters. The molecule has 1 fully saturated rings. The van der Waals surface area contributed by atoms with Gasteiger partial charge in [0.15, 0.2) is 0 Å². The summed E-state index contributed by atoms with van der Waals surface area (Å²) in [7, 11) is 1.45. The molecule has 0 saturated heterocycles. The summed E-state index contributed by atoms with van der Waals surface area (Å²) in [5.74, 6) is 0.690. The van der Waals surface area contributed by atoms with Crippen LogP contribution >= 0.6 is 0 Å². The van der Waals surface area contributed by atoms with Crippen molar-refractivity contribution in [3.05, 3.63) is 65.4 Å². The van der Waals surface area contributed by atoms with Gasteiger partial charge in [-0.15, -0.1) is 0 Å². The first-order valence-corrected chi connectivity index (χ1v) is 10.6. The van der Waals surface area contributed by atoms with Crippen LogP contribution in [0, 0.1) is 0 Å². The number of aromatic nitrogens is 1. The van der Waals surface area contributed by atoms with E-state index in [0.29, 0.717) is 6.10 Å². The number of fused-ring (bicyclic) bond motifs is 1. The van der Waals surface area contributed by atoms with E-state index in [9.17, 15) is 4.79 Å². The van der Waals surface area contributed by atoms with E-state index in [0.717, 1.165) is 48.0 Å². The molecule has 152 valence electrons. The zero-order valence-electron chi connectivity index (χ0n) is 17.3. The lowest BCUT2D eigenvalue weighted by atomic mass is 10.1. The lowest BCUT2D eigenvalue weighted by Gasteiger charge is -2.13. The molecule has 1 aliphatic carbocycles. The van der Waals surface area contributed by atoms with Gasteiger partial charge in [0, 0.05) is 23.1 Å². The van der Waals surface area contributed by atoms with Crippen molar-refractivity contribution in [1.82, 2.24) is 4.57 Å². The number of carbonyl (C=O) groups excluding carboxylic acids is 1. The molecule has 4 nitrogen and oxygen atoms in total. The third kappa shape index (κ3) is 4.16. The minimum Gasteiger partial charge on any atom is -0.490 e. The number of benzene rings is 2. The first-order valence-electron chi connectivity index (χ1n) is 10.6. The Labute approximate surface area is 172 Å². The summed E-state index contributed by atoms with van der Waals surface area (Å²) >= 11 is 0. The van der Waals surface area contributed by atoms with Crippen LogP contribution in [-0.2, 0) is 28.9 Å². The van der Waals surface area contributed by atoms with Gasteiger partial charge in [0.2, 0.25) is 0 Å². The van der Waals surface area contributed by atoms with Gasteiger partial charge in [-0.2, -0.15) is 0 Å². The number of nitrogens with zero attached hydrogens (tertiary/aromatic N) is 1. The highest BCUT2D eigenvalue weighted by molar-refractivity contribution is 5.90. The molecule has 1 saturated carbocycles. The largest absolute Gasteiger partial charge is 0.490 e. The molecule has 0 N–H and O–H groups in total. The van der Waals surface area contributed by atoms with E-state index >= 15 is 0 Å². The van der Waals surface area contributed by atoms with Gasteiger partial charge in [-0.05, 0) is 61.4 Å². The Balaban J connectivity index is 1.79. The van der Waals surface area contributed by atoms with Gasteiger partial charge >= 0.3 is 5.97 Å². The predicted octanol–water partition coefficient (Wildman–Crippen LogP) is 5.29. The summed E-state index contributed by atoms with van der Waals surface area (Å²) in [6.45, 7) is 2.93. The van der Waals surface area contributed by atoms with Gasteiger partial charge < -0.3 is 14.0 Å². The minimum atomic E-state index is -0.208. The van der Waals surface area contributed by atoms with Gasteiger partial charge in [0.05, 0.1) is 19.6 Å². The molecule has 0 aliphatic heterocycles. The molecule has 0 spiro atoms. The summed E-state index contributed by atoms with van der Waals surface area (Å²) in [6, 6.07) is 16.8. The summed E-state index contributed by atoms with van der Waals surface area (Å²) in [6.07, 6.45) is 6.19. The fourth-order valence-electron chi connectivity index (χ4n) is 4.49. The van der Waals surface area contributed by atoms with Crippen molar-refractivity contribution in [2.24, 2.45) is 0 Å². The fourth-order valence-corrected chi connectivity index (χ4v) is 4.49. The Kier molecular flexibility index (Phi) is 5.89. The second kappa shape index (κ2) is 8.73. The molecule has 0 unspecified atom stereocenters. The quantitative estimate of drug-likeness (QED) is 0.514. The summed E-state index contributed by atoms with van der Waals surface area (Å²) in [5, 5.41) is 1.10. The maximum absolute atomic E-state index is 12.2. The summed E-state index contributed by atoms with van der Waals surface area (Å²) in [5.41, 5.74) is 4.63. The van der Waals surface area contributed by atoms with Crippen LogP contribution in [-0.4, -0.2) is 23.8 Å². The van der Waals surface area contributed by atoms with Crippen LogP contribution in [0.25, 0.3) is 10.9 Å². The van der Waals surface area contributed by atoms with Crippen LogP contribution in [0.4, 0.5) is 0 Å². The summed E-state index contributed by atoms with van der Waals surface area (Å²) in [4.78, 5) is 12.2. The van der Waals surface area contributed by atoms with Gasteiger partial charge in [-0.3, -0.25) is 4.79 Å². The van der Waals surface area contributed by atoms with Crippen molar-refractivity contribution in [2.75, 3.05) is 7.11 Å². The zero-order valence-corrected chi connectivity index (χ0v) is 17.3. The van der Waals surface area contributed by atoms with Crippen molar-refractivity contribution in [3.63, 3.8) is 0 Å². The average molecular weight is 392 g/mol. The number of esters is 1. The average Bonchev–Trinajstić information content (AvgIpc) is 3.35. The van der Waals surface area contributed by atoms with E-state index in [1.807, 2.05) is 6.07 Å². The Hall–Kier alpha value is -2.75. The molecule has 1 aliphatic rings. The van der Waals surface area contributed by atoms with Crippen molar-refractivity contribution >= 4 is 16.9 Å². The number of hydrogen-bond acceptors (Lipinski definition) is 3. The predicted molar refractivity (Wildman–Crippen MR) is 115 cm³/mol. The van der Waals surface area contributed by atoms with Gasteiger partial charge in [0.25, 0.3) is 0 Å². The van der Waals surface area contributed by atoms with Gasteiger partial charge in [-0.25, -0.2) is 0 Å². The molecule has 4 heteroatoms. The van der Waals surface area contributed by atoms with Crippen molar-refractivity contribution in [3.8, 4) is 5.75 Å². The van der Waals surface area contributed by atoms with Crippen LogP contribution in [0.15, 0.2) is 48.5 Å².